The highest BCUT2D eigenvalue weighted by molar-refractivity contribution is 5.37. The summed E-state index contributed by atoms with van der Waals surface area (Å²) >= 11 is 0. The fraction of sp³-hybridized carbons (Fsp3) is 0.647. The Morgan fingerprint density at radius 3 is 2.37 bits per heavy atom. The van der Waals surface area contributed by atoms with E-state index in [0.29, 0.717) is 11.8 Å². The first-order valence-electron chi connectivity index (χ1n) is 7.51. The van der Waals surface area contributed by atoms with E-state index >= 15 is 0 Å². The number of benzene rings is 1. The molecule has 106 valence electrons. The van der Waals surface area contributed by atoms with Crippen LogP contribution in [0, 0.1) is 18.8 Å². The van der Waals surface area contributed by atoms with Crippen molar-refractivity contribution >= 4 is 0 Å². The van der Waals surface area contributed by atoms with Gasteiger partial charge in [0, 0.05) is 17.6 Å². The van der Waals surface area contributed by atoms with E-state index in [1.165, 1.54) is 19.3 Å². The molecule has 2 heteroatoms. The smallest absolute Gasteiger partial charge is 0.120 e. The van der Waals surface area contributed by atoms with Gasteiger partial charge in [0.25, 0.3) is 0 Å². The summed E-state index contributed by atoms with van der Waals surface area (Å²) in [5.41, 5.74) is 2.12. The number of phenolic OH excluding ortho intramolecular Hbond substituents is 1. The molecule has 0 aliphatic heterocycles. The molecule has 19 heavy (non-hydrogen) atoms. The van der Waals surface area contributed by atoms with Gasteiger partial charge in [-0.15, -0.1) is 0 Å². The van der Waals surface area contributed by atoms with Crippen molar-refractivity contribution in [1.82, 2.24) is 5.32 Å². The van der Waals surface area contributed by atoms with Crippen molar-refractivity contribution in [3.63, 3.8) is 0 Å². The lowest BCUT2D eigenvalue weighted by atomic mass is 9.80. The predicted molar refractivity (Wildman–Crippen MR) is 80.4 cm³/mol. The van der Waals surface area contributed by atoms with Crippen LogP contribution < -0.4 is 5.32 Å². The van der Waals surface area contributed by atoms with Gasteiger partial charge in [0.15, 0.2) is 0 Å². The van der Waals surface area contributed by atoms with Crippen molar-refractivity contribution in [2.24, 2.45) is 11.8 Å². The Morgan fingerprint density at radius 1 is 1.16 bits per heavy atom. The molecule has 1 saturated carbocycles. The monoisotopic (exact) mass is 261 g/mol. The Hall–Kier alpha value is -1.02. The first-order chi connectivity index (χ1) is 8.95. The number of phenols is 1. The molecule has 0 heterocycles. The molecule has 3 unspecified atom stereocenters. The fourth-order valence-electron chi connectivity index (χ4n) is 3.55. The van der Waals surface area contributed by atoms with E-state index in [9.17, 15) is 5.11 Å². The number of hydrogen-bond acceptors (Lipinski definition) is 2. The molecule has 0 aromatic heterocycles. The van der Waals surface area contributed by atoms with E-state index in [1.807, 2.05) is 19.1 Å². The Morgan fingerprint density at radius 2 is 1.79 bits per heavy atom. The van der Waals surface area contributed by atoms with Gasteiger partial charge in [0.1, 0.15) is 5.75 Å². The summed E-state index contributed by atoms with van der Waals surface area (Å²) < 4.78 is 0. The van der Waals surface area contributed by atoms with Crippen LogP contribution in [0.5, 0.6) is 5.75 Å². The van der Waals surface area contributed by atoms with Crippen molar-refractivity contribution < 1.29 is 5.11 Å². The Labute approximate surface area is 117 Å². The maximum atomic E-state index is 10.1. The summed E-state index contributed by atoms with van der Waals surface area (Å²) in [5, 5.41) is 13.8. The van der Waals surface area contributed by atoms with Crippen LogP contribution in [-0.2, 0) is 0 Å². The molecule has 2 rings (SSSR count). The minimum atomic E-state index is 0.211. The maximum Gasteiger partial charge on any atom is 0.120 e. The van der Waals surface area contributed by atoms with Crippen LogP contribution in [0.25, 0.3) is 0 Å². The summed E-state index contributed by atoms with van der Waals surface area (Å²) in [4.78, 5) is 0. The molecular weight excluding hydrogens is 234 g/mol. The molecule has 3 atom stereocenters. The number of aromatic hydroxyl groups is 1. The standard InChI is InChI=1S/C17H27NO/c1-11-5-6-16(17(19)10-11)14(4)18-15-8-12(2)7-13(3)9-15/h5-6,10,12-15,18-19H,7-9H2,1-4H3. The van der Waals surface area contributed by atoms with Gasteiger partial charge in [0.05, 0.1) is 0 Å². The number of hydrogen-bond donors (Lipinski definition) is 2. The maximum absolute atomic E-state index is 10.1. The van der Waals surface area contributed by atoms with Gasteiger partial charge in [0.2, 0.25) is 0 Å². The molecule has 2 N–H and O–H groups in total. The molecule has 1 aromatic rings. The zero-order valence-corrected chi connectivity index (χ0v) is 12.6. The number of nitrogens with one attached hydrogen (secondary N) is 1. The Kier molecular flexibility index (Phi) is 4.51. The largest absolute Gasteiger partial charge is 0.508 e. The second-order valence-electron chi connectivity index (χ2n) is 6.56. The first-order valence-corrected chi connectivity index (χ1v) is 7.51. The highest BCUT2D eigenvalue weighted by atomic mass is 16.3. The third-order valence-electron chi connectivity index (χ3n) is 4.32. The number of rotatable bonds is 3. The zero-order valence-electron chi connectivity index (χ0n) is 12.6. The average Bonchev–Trinajstić information content (AvgIpc) is 2.26. The van der Waals surface area contributed by atoms with Crippen LogP contribution in [0.1, 0.15) is 57.2 Å². The lowest BCUT2D eigenvalue weighted by Gasteiger charge is -2.34. The predicted octanol–water partition coefficient (Wildman–Crippen LogP) is 4.18. The summed E-state index contributed by atoms with van der Waals surface area (Å²) in [6, 6.07) is 6.74. The van der Waals surface area contributed by atoms with E-state index in [0.717, 1.165) is 23.0 Å². The van der Waals surface area contributed by atoms with Crippen LogP contribution in [0.2, 0.25) is 0 Å². The summed E-state index contributed by atoms with van der Waals surface area (Å²) in [6.07, 6.45) is 3.85. The van der Waals surface area contributed by atoms with Crippen LogP contribution in [-0.4, -0.2) is 11.1 Å². The minimum absolute atomic E-state index is 0.211. The third-order valence-corrected chi connectivity index (χ3v) is 4.32. The van der Waals surface area contributed by atoms with Gasteiger partial charge in [-0.25, -0.2) is 0 Å². The van der Waals surface area contributed by atoms with Crippen molar-refractivity contribution in [2.45, 2.75) is 59.0 Å². The molecule has 0 radical (unpaired) electrons. The quantitative estimate of drug-likeness (QED) is 0.855. The second-order valence-corrected chi connectivity index (χ2v) is 6.56. The zero-order chi connectivity index (χ0) is 14.0. The lowest BCUT2D eigenvalue weighted by Crippen LogP contribution is -2.37. The number of aryl methyl sites for hydroxylation is 1. The minimum Gasteiger partial charge on any atom is -0.508 e. The van der Waals surface area contributed by atoms with E-state index in [4.69, 9.17) is 0 Å². The van der Waals surface area contributed by atoms with Gasteiger partial charge in [-0.2, -0.15) is 0 Å². The SMILES string of the molecule is Cc1ccc(C(C)NC2CC(C)CC(C)C2)c(O)c1. The highest BCUT2D eigenvalue weighted by Gasteiger charge is 2.25. The van der Waals surface area contributed by atoms with Crippen LogP contribution >= 0.6 is 0 Å². The summed E-state index contributed by atoms with van der Waals surface area (Å²) in [6.45, 7) is 8.84. The topological polar surface area (TPSA) is 32.3 Å². The van der Waals surface area contributed by atoms with Crippen molar-refractivity contribution in [2.75, 3.05) is 0 Å². The first kappa shape index (κ1) is 14.4. The van der Waals surface area contributed by atoms with Crippen molar-refractivity contribution in [3.05, 3.63) is 29.3 Å². The second kappa shape index (κ2) is 5.96. The summed E-state index contributed by atoms with van der Waals surface area (Å²) in [5.74, 6) is 2.03. The highest BCUT2D eigenvalue weighted by Crippen LogP contribution is 2.31. The van der Waals surface area contributed by atoms with Crippen LogP contribution in [0.3, 0.4) is 0 Å². The Bertz CT molecular complexity index is 419. The van der Waals surface area contributed by atoms with E-state index < -0.39 is 0 Å². The average molecular weight is 261 g/mol. The van der Waals surface area contributed by atoms with Gasteiger partial charge in [-0.05, 0) is 56.6 Å². The molecule has 1 aliphatic carbocycles. The van der Waals surface area contributed by atoms with Crippen molar-refractivity contribution in [1.29, 1.82) is 0 Å². The molecule has 1 aromatic carbocycles. The van der Waals surface area contributed by atoms with Crippen LogP contribution in [0.4, 0.5) is 0 Å². The molecule has 1 fully saturated rings. The van der Waals surface area contributed by atoms with Crippen LogP contribution in [0.15, 0.2) is 18.2 Å². The van der Waals surface area contributed by atoms with Gasteiger partial charge in [-0.1, -0.05) is 26.0 Å². The molecule has 2 nitrogen and oxygen atoms in total. The molecule has 0 saturated heterocycles. The molecule has 1 aliphatic rings. The van der Waals surface area contributed by atoms with Crippen molar-refractivity contribution in [3.8, 4) is 5.75 Å². The van der Waals surface area contributed by atoms with E-state index in [1.54, 1.807) is 0 Å². The molecular formula is C17H27NO. The van der Waals surface area contributed by atoms with E-state index in [2.05, 4.69) is 32.2 Å². The van der Waals surface area contributed by atoms with Gasteiger partial charge < -0.3 is 10.4 Å². The Balaban J connectivity index is 2.02. The fourth-order valence-corrected chi connectivity index (χ4v) is 3.55. The lowest BCUT2D eigenvalue weighted by molar-refractivity contribution is 0.227. The normalized spacial score (nSPS) is 29.2. The van der Waals surface area contributed by atoms with Gasteiger partial charge >= 0.3 is 0 Å². The van der Waals surface area contributed by atoms with Gasteiger partial charge in [-0.3, -0.25) is 0 Å². The molecule has 0 bridgehead atoms. The molecule has 0 amide bonds. The summed E-state index contributed by atoms with van der Waals surface area (Å²) in [7, 11) is 0. The van der Waals surface area contributed by atoms with E-state index in [-0.39, 0.29) is 6.04 Å². The third kappa shape index (κ3) is 3.73. The molecule has 0 spiro atoms.